The van der Waals surface area contributed by atoms with Crippen molar-refractivity contribution in [1.29, 1.82) is 0 Å². The summed E-state index contributed by atoms with van der Waals surface area (Å²) in [6.45, 7) is 7.36. The molecule has 142 valence electrons. The minimum absolute atomic E-state index is 0.427. The SMILES string of the molecule is CCC1(CNC(=NCc2nnc(C)n2C)NCCCOC)CCCC1. The summed E-state index contributed by atoms with van der Waals surface area (Å²) in [6, 6.07) is 0. The van der Waals surface area contributed by atoms with E-state index in [9.17, 15) is 0 Å². The molecule has 0 radical (unpaired) electrons. The zero-order valence-corrected chi connectivity index (χ0v) is 16.3. The van der Waals surface area contributed by atoms with Gasteiger partial charge in [-0.15, -0.1) is 10.2 Å². The Labute approximate surface area is 151 Å². The molecule has 0 unspecified atom stereocenters. The van der Waals surface area contributed by atoms with Crippen molar-refractivity contribution in [3.63, 3.8) is 0 Å². The average molecular weight is 351 g/mol. The fourth-order valence-corrected chi connectivity index (χ4v) is 3.39. The molecule has 2 N–H and O–H groups in total. The van der Waals surface area contributed by atoms with Crippen molar-refractivity contribution < 1.29 is 4.74 Å². The molecule has 0 aliphatic heterocycles. The number of ether oxygens (including phenoxy) is 1. The van der Waals surface area contributed by atoms with Crippen LogP contribution in [0.25, 0.3) is 0 Å². The number of methoxy groups -OCH3 is 1. The van der Waals surface area contributed by atoms with E-state index in [2.05, 4.69) is 27.8 Å². The smallest absolute Gasteiger partial charge is 0.191 e. The van der Waals surface area contributed by atoms with Gasteiger partial charge in [0.05, 0.1) is 0 Å². The van der Waals surface area contributed by atoms with Crippen LogP contribution < -0.4 is 10.6 Å². The van der Waals surface area contributed by atoms with E-state index in [1.54, 1.807) is 7.11 Å². The molecule has 0 spiro atoms. The molecule has 1 fully saturated rings. The second-order valence-corrected chi connectivity index (χ2v) is 7.07. The molecule has 1 heterocycles. The summed E-state index contributed by atoms with van der Waals surface area (Å²) in [7, 11) is 3.71. The Kier molecular flexibility index (Phi) is 7.68. The van der Waals surface area contributed by atoms with Crippen molar-refractivity contribution in [2.24, 2.45) is 17.5 Å². The second kappa shape index (κ2) is 9.75. The van der Waals surface area contributed by atoms with Crippen LogP contribution in [0.3, 0.4) is 0 Å². The standard InChI is InChI=1S/C18H34N6O/c1-5-18(9-6-7-10-18)14-21-17(19-11-8-12-25-4)20-13-16-23-22-15(2)24(16)3/h5-14H2,1-4H3,(H2,19,20,21). The van der Waals surface area contributed by atoms with Crippen LogP contribution in [0.15, 0.2) is 4.99 Å². The van der Waals surface area contributed by atoms with E-state index in [1.165, 1.54) is 32.1 Å². The summed E-state index contributed by atoms with van der Waals surface area (Å²) in [5.41, 5.74) is 0.427. The lowest BCUT2D eigenvalue weighted by Crippen LogP contribution is -2.43. The van der Waals surface area contributed by atoms with Gasteiger partial charge < -0.3 is 19.9 Å². The van der Waals surface area contributed by atoms with E-state index in [1.807, 2.05) is 18.5 Å². The topological polar surface area (TPSA) is 76.4 Å². The molecule has 7 nitrogen and oxygen atoms in total. The van der Waals surface area contributed by atoms with E-state index < -0.39 is 0 Å². The normalized spacial score (nSPS) is 17.0. The predicted octanol–water partition coefficient (Wildman–Crippen LogP) is 2.17. The minimum atomic E-state index is 0.427. The molecule has 1 aromatic rings. The fourth-order valence-electron chi connectivity index (χ4n) is 3.39. The van der Waals surface area contributed by atoms with E-state index in [0.717, 1.165) is 43.7 Å². The van der Waals surface area contributed by atoms with Crippen molar-refractivity contribution in [2.45, 2.75) is 58.9 Å². The first-order valence-electron chi connectivity index (χ1n) is 9.46. The number of nitrogens with one attached hydrogen (secondary N) is 2. The Hall–Kier alpha value is -1.63. The van der Waals surface area contributed by atoms with Gasteiger partial charge in [-0.3, -0.25) is 0 Å². The third kappa shape index (κ3) is 5.70. The van der Waals surface area contributed by atoms with E-state index in [4.69, 9.17) is 9.73 Å². The highest BCUT2D eigenvalue weighted by Gasteiger charge is 2.31. The highest BCUT2D eigenvalue weighted by Crippen LogP contribution is 2.40. The zero-order chi connectivity index (χ0) is 18.1. The number of hydrogen-bond acceptors (Lipinski definition) is 4. The maximum absolute atomic E-state index is 5.12. The van der Waals surface area contributed by atoms with Crippen LogP contribution >= 0.6 is 0 Å². The zero-order valence-electron chi connectivity index (χ0n) is 16.3. The van der Waals surface area contributed by atoms with Crippen molar-refractivity contribution in [3.05, 3.63) is 11.6 Å². The highest BCUT2D eigenvalue weighted by atomic mass is 16.5. The Morgan fingerprint density at radius 3 is 2.64 bits per heavy atom. The van der Waals surface area contributed by atoms with Crippen LogP contribution in [0.1, 0.15) is 57.1 Å². The summed E-state index contributed by atoms with van der Waals surface area (Å²) >= 11 is 0. The summed E-state index contributed by atoms with van der Waals surface area (Å²) in [4.78, 5) is 4.72. The van der Waals surface area contributed by atoms with E-state index in [0.29, 0.717) is 12.0 Å². The van der Waals surface area contributed by atoms with Crippen LogP contribution in [-0.2, 0) is 18.3 Å². The molecule has 1 aliphatic carbocycles. The maximum Gasteiger partial charge on any atom is 0.191 e. The van der Waals surface area contributed by atoms with Gasteiger partial charge in [-0.1, -0.05) is 19.8 Å². The van der Waals surface area contributed by atoms with Gasteiger partial charge in [0, 0.05) is 33.9 Å². The third-order valence-electron chi connectivity index (χ3n) is 5.42. The first-order chi connectivity index (χ1) is 12.1. The monoisotopic (exact) mass is 350 g/mol. The van der Waals surface area contributed by atoms with Gasteiger partial charge in [0.1, 0.15) is 12.4 Å². The molecular weight excluding hydrogens is 316 g/mol. The molecule has 1 aromatic heterocycles. The Morgan fingerprint density at radius 1 is 1.28 bits per heavy atom. The van der Waals surface area contributed by atoms with Gasteiger partial charge in [-0.05, 0) is 38.0 Å². The van der Waals surface area contributed by atoms with E-state index in [-0.39, 0.29) is 0 Å². The molecule has 25 heavy (non-hydrogen) atoms. The molecule has 0 saturated heterocycles. The molecular formula is C18H34N6O. The molecule has 0 amide bonds. The highest BCUT2D eigenvalue weighted by molar-refractivity contribution is 5.79. The largest absolute Gasteiger partial charge is 0.385 e. The van der Waals surface area contributed by atoms with Crippen LogP contribution in [0.2, 0.25) is 0 Å². The van der Waals surface area contributed by atoms with Gasteiger partial charge in [0.25, 0.3) is 0 Å². The molecule has 1 aliphatic rings. The first-order valence-corrected chi connectivity index (χ1v) is 9.46. The van der Waals surface area contributed by atoms with Gasteiger partial charge >= 0.3 is 0 Å². The van der Waals surface area contributed by atoms with Crippen LogP contribution in [0.5, 0.6) is 0 Å². The Morgan fingerprint density at radius 2 is 2.04 bits per heavy atom. The number of hydrogen-bond donors (Lipinski definition) is 2. The average Bonchev–Trinajstić information content (AvgIpc) is 3.22. The van der Waals surface area contributed by atoms with E-state index >= 15 is 0 Å². The molecule has 1 saturated carbocycles. The number of rotatable bonds is 9. The lowest BCUT2D eigenvalue weighted by molar-refractivity contribution is 0.195. The first kappa shape index (κ1) is 19.7. The second-order valence-electron chi connectivity index (χ2n) is 7.07. The predicted molar refractivity (Wildman–Crippen MR) is 101 cm³/mol. The summed E-state index contributed by atoms with van der Waals surface area (Å²) < 4.78 is 7.11. The summed E-state index contributed by atoms with van der Waals surface area (Å²) in [5, 5.41) is 15.3. The lowest BCUT2D eigenvalue weighted by Gasteiger charge is -2.28. The summed E-state index contributed by atoms with van der Waals surface area (Å²) in [6.07, 6.45) is 7.51. The molecule has 0 atom stereocenters. The molecule has 0 aromatic carbocycles. The van der Waals surface area contributed by atoms with Crippen LogP contribution in [0, 0.1) is 12.3 Å². The van der Waals surface area contributed by atoms with Gasteiger partial charge in [0.2, 0.25) is 0 Å². The summed E-state index contributed by atoms with van der Waals surface area (Å²) in [5.74, 6) is 2.64. The number of nitrogens with zero attached hydrogens (tertiary/aromatic N) is 4. The Bertz CT molecular complexity index is 548. The van der Waals surface area contributed by atoms with Crippen molar-refractivity contribution in [3.8, 4) is 0 Å². The third-order valence-corrected chi connectivity index (χ3v) is 5.42. The van der Waals surface area contributed by atoms with Gasteiger partial charge in [-0.2, -0.15) is 0 Å². The molecule has 7 heteroatoms. The number of aliphatic imine (C=N–C) groups is 1. The molecule has 2 rings (SSSR count). The number of guanidine groups is 1. The van der Waals surface area contributed by atoms with Crippen molar-refractivity contribution in [2.75, 3.05) is 26.8 Å². The van der Waals surface area contributed by atoms with Crippen LogP contribution in [-0.4, -0.2) is 47.5 Å². The van der Waals surface area contributed by atoms with Crippen molar-refractivity contribution in [1.82, 2.24) is 25.4 Å². The maximum atomic E-state index is 5.12. The molecule has 0 bridgehead atoms. The van der Waals surface area contributed by atoms with Crippen molar-refractivity contribution >= 4 is 5.96 Å². The Balaban J connectivity index is 1.96. The van der Waals surface area contributed by atoms with Crippen LogP contribution in [0.4, 0.5) is 0 Å². The fraction of sp³-hybridized carbons (Fsp3) is 0.833. The lowest BCUT2D eigenvalue weighted by atomic mass is 9.83. The van der Waals surface area contributed by atoms with Gasteiger partial charge in [-0.25, -0.2) is 4.99 Å². The number of aromatic nitrogens is 3. The van der Waals surface area contributed by atoms with Gasteiger partial charge in [0.15, 0.2) is 11.8 Å². The quantitative estimate of drug-likeness (QED) is 0.405. The minimum Gasteiger partial charge on any atom is -0.385 e. The number of aryl methyl sites for hydroxylation is 1.